The first-order valence-electron chi connectivity index (χ1n) is 4.27. The fraction of sp³-hybridized carbons (Fsp3) is 0.0833. The molecule has 2 rings (SSSR count). The minimum Gasteiger partial charge on any atom is -0.192 e. The Bertz CT molecular complexity index is 419. The molecule has 1 aliphatic rings. The molecule has 0 radical (unpaired) electrons. The molecule has 13 heavy (non-hydrogen) atoms. The minimum absolute atomic E-state index is 0.721. The van der Waals surface area contributed by atoms with E-state index in [4.69, 9.17) is 5.26 Å². The molecule has 0 saturated carbocycles. The summed E-state index contributed by atoms with van der Waals surface area (Å²) >= 11 is 0. The molecular weight excluding hydrogens is 158 g/mol. The first-order valence-corrected chi connectivity index (χ1v) is 4.27. The smallest absolute Gasteiger partial charge is 0.0991 e. The third-order valence-electron chi connectivity index (χ3n) is 2.10. The Balaban J connectivity index is 2.42. The molecule has 0 N–H and O–H groups in total. The van der Waals surface area contributed by atoms with E-state index in [0.717, 1.165) is 17.5 Å². The van der Waals surface area contributed by atoms with Crippen LogP contribution in [0.5, 0.6) is 0 Å². The van der Waals surface area contributed by atoms with Crippen LogP contribution in [-0.4, -0.2) is 0 Å². The molecule has 0 unspecified atom stereocenters. The molecule has 1 aromatic rings. The van der Waals surface area contributed by atoms with Gasteiger partial charge in [-0.15, -0.1) is 0 Å². The van der Waals surface area contributed by atoms with Crippen LogP contribution in [0.3, 0.4) is 0 Å². The summed E-state index contributed by atoms with van der Waals surface area (Å²) in [6.45, 7) is 0. The van der Waals surface area contributed by atoms with Crippen LogP contribution >= 0.6 is 0 Å². The van der Waals surface area contributed by atoms with Gasteiger partial charge < -0.3 is 0 Å². The Labute approximate surface area is 77.6 Å². The molecule has 0 spiro atoms. The molecule has 0 aliphatic heterocycles. The SMILES string of the molecule is N#Cc1cccc(C2=CCC=C2)c1. The third-order valence-corrected chi connectivity index (χ3v) is 2.10. The van der Waals surface area contributed by atoms with Gasteiger partial charge in [0, 0.05) is 0 Å². The molecule has 0 saturated heterocycles. The second-order valence-corrected chi connectivity index (χ2v) is 2.99. The van der Waals surface area contributed by atoms with E-state index in [0.29, 0.717) is 0 Å². The van der Waals surface area contributed by atoms with Crippen molar-refractivity contribution in [3.05, 3.63) is 53.6 Å². The maximum absolute atomic E-state index is 8.72. The molecule has 1 nitrogen and oxygen atoms in total. The maximum Gasteiger partial charge on any atom is 0.0991 e. The van der Waals surface area contributed by atoms with Gasteiger partial charge in [-0.2, -0.15) is 5.26 Å². The average Bonchev–Trinajstić information content (AvgIpc) is 2.71. The van der Waals surface area contributed by atoms with E-state index in [1.54, 1.807) is 0 Å². The van der Waals surface area contributed by atoms with Crippen LogP contribution in [0, 0.1) is 11.3 Å². The number of nitriles is 1. The van der Waals surface area contributed by atoms with Crippen molar-refractivity contribution in [2.24, 2.45) is 0 Å². The molecule has 0 amide bonds. The Morgan fingerprint density at radius 1 is 1.31 bits per heavy atom. The van der Waals surface area contributed by atoms with E-state index < -0.39 is 0 Å². The number of rotatable bonds is 1. The number of nitrogens with zero attached hydrogens (tertiary/aromatic N) is 1. The summed E-state index contributed by atoms with van der Waals surface area (Å²) in [5, 5.41) is 8.72. The fourth-order valence-corrected chi connectivity index (χ4v) is 1.44. The lowest BCUT2D eigenvalue weighted by Gasteiger charge is -1.99. The van der Waals surface area contributed by atoms with E-state index in [1.165, 1.54) is 5.57 Å². The molecule has 62 valence electrons. The molecule has 1 aliphatic carbocycles. The van der Waals surface area contributed by atoms with Gasteiger partial charge in [0.25, 0.3) is 0 Å². The van der Waals surface area contributed by atoms with Crippen LogP contribution in [0.15, 0.2) is 42.5 Å². The molecular formula is C12H9N. The second-order valence-electron chi connectivity index (χ2n) is 2.99. The van der Waals surface area contributed by atoms with E-state index in [-0.39, 0.29) is 0 Å². The number of allylic oxidation sites excluding steroid dienone is 4. The van der Waals surface area contributed by atoms with Crippen molar-refractivity contribution in [1.82, 2.24) is 0 Å². The van der Waals surface area contributed by atoms with Crippen molar-refractivity contribution in [3.8, 4) is 6.07 Å². The van der Waals surface area contributed by atoms with Gasteiger partial charge in [0.15, 0.2) is 0 Å². The Morgan fingerprint density at radius 2 is 2.23 bits per heavy atom. The summed E-state index contributed by atoms with van der Waals surface area (Å²) in [7, 11) is 0. The number of hydrogen-bond acceptors (Lipinski definition) is 1. The van der Waals surface area contributed by atoms with Gasteiger partial charge >= 0.3 is 0 Å². The van der Waals surface area contributed by atoms with Gasteiger partial charge in [-0.25, -0.2) is 0 Å². The van der Waals surface area contributed by atoms with Crippen molar-refractivity contribution in [1.29, 1.82) is 5.26 Å². The predicted molar refractivity (Wildman–Crippen MR) is 52.9 cm³/mol. The van der Waals surface area contributed by atoms with E-state index in [2.05, 4.69) is 24.3 Å². The van der Waals surface area contributed by atoms with Crippen molar-refractivity contribution >= 4 is 5.57 Å². The normalized spacial score (nSPS) is 13.9. The topological polar surface area (TPSA) is 23.8 Å². The molecule has 0 aromatic heterocycles. The first kappa shape index (κ1) is 7.82. The zero-order chi connectivity index (χ0) is 9.10. The highest BCUT2D eigenvalue weighted by Gasteiger charge is 2.01. The highest BCUT2D eigenvalue weighted by Crippen LogP contribution is 2.21. The van der Waals surface area contributed by atoms with Gasteiger partial charge in [0.05, 0.1) is 11.6 Å². The lowest BCUT2D eigenvalue weighted by molar-refractivity contribution is 1.44. The van der Waals surface area contributed by atoms with Crippen LogP contribution in [0.4, 0.5) is 0 Å². The van der Waals surface area contributed by atoms with Crippen LogP contribution < -0.4 is 0 Å². The zero-order valence-electron chi connectivity index (χ0n) is 7.20. The van der Waals surface area contributed by atoms with Gasteiger partial charge in [-0.3, -0.25) is 0 Å². The fourth-order valence-electron chi connectivity index (χ4n) is 1.44. The Morgan fingerprint density at radius 3 is 2.92 bits per heavy atom. The molecule has 0 fully saturated rings. The minimum atomic E-state index is 0.721. The molecule has 1 aromatic carbocycles. The molecule has 0 heterocycles. The quantitative estimate of drug-likeness (QED) is 0.630. The lowest BCUT2D eigenvalue weighted by Crippen LogP contribution is -1.80. The van der Waals surface area contributed by atoms with Crippen molar-refractivity contribution in [2.45, 2.75) is 6.42 Å². The summed E-state index contributed by atoms with van der Waals surface area (Å²) in [5.74, 6) is 0. The summed E-state index contributed by atoms with van der Waals surface area (Å²) in [5.41, 5.74) is 3.07. The second kappa shape index (κ2) is 3.28. The number of benzene rings is 1. The van der Waals surface area contributed by atoms with Crippen LogP contribution in [0.25, 0.3) is 5.57 Å². The van der Waals surface area contributed by atoms with Gasteiger partial charge in [0.1, 0.15) is 0 Å². The van der Waals surface area contributed by atoms with Gasteiger partial charge in [-0.05, 0) is 29.7 Å². The van der Waals surface area contributed by atoms with E-state index >= 15 is 0 Å². The first-order chi connectivity index (χ1) is 6.40. The van der Waals surface area contributed by atoms with Crippen molar-refractivity contribution in [2.75, 3.05) is 0 Å². The predicted octanol–water partition coefficient (Wildman–Crippen LogP) is 2.90. The van der Waals surface area contributed by atoms with Crippen molar-refractivity contribution < 1.29 is 0 Å². The lowest BCUT2D eigenvalue weighted by atomic mass is 10.1. The van der Waals surface area contributed by atoms with Crippen LogP contribution in [0.1, 0.15) is 17.5 Å². The largest absolute Gasteiger partial charge is 0.192 e. The van der Waals surface area contributed by atoms with Crippen LogP contribution in [-0.2, 0) is 0 Å². The highest BCUT2D eigenvalue weighted by molar-refractivity contribution is 5.76. The standard InChI is InChI=1S/C12H9N/c13-9-10-4-3-7-12(8-10)11-5-1-2-6-11/h1,3-8H,2H2. The maximum atomic E-state index is 8.72. The van der Waals surface area contributed by atoms with Gasteiger partial charge in [0.2, 0.25) is 0 Å². The van der Waals surface area contributed by atoms with Crippen LogP contribution in [0.2, 0.25) is 0 Å². The molecule has 1 heteroatoms. The highest BCUT2D eigenvalue weighted by atomic mass is 14.2. The molecule has 0 bridgehead atoms. The molecule has 0 atom stereocenters. The summed E-state index contributed by atoms with van der Waals surface area (Å²) < 4.78 is 0. The Kier molecular flexibility index (Phi) is 1.97. The van der Waals surface area contributed by atoms with Gasteiger partial charge in [-0.1, -0.05) is 30.4 Å². The summed E-state index contributed by atoms with van der Waals surface area (Å²) in [6, 6.07) is 9.83. The zero-order valence-corrected chi connectivity index (χ0v) is 7.20. The Hall–Kier alpha value is -1.81. The van der Waals surface area contributed by atoms with Crippen molar-refractivity contribution in [3.63, 3.8) is 0 Å². The summed E-state index contributed by atoms with van der Waals surface area (Å²) in [4.78, 5) is 0. The monoisotopic (exact) mass is 167 g/mol. The average molecular weight is 167 g/mol. The third kappa shape index (κ3) is 1.52. The van der Waals surface area contributed by atoms with E-state index in [1.807, 2.05) is 24.3 Å². The number of hydrogen-bond donors (Lipinski definition) is 0. The van der Waals surface area contributed by atoms with E-state index in [9.17, 15) is 0 Å². The summed E-state index contributed by atoms with van der Waals surface area (Å²) in [6.07, 6.45) is 7.38.